The van der Waals surface area contributed by atoms with Crippen molar-refractivity contribution in [1.82, 2.24) is 10.3 Å². The van der Waals surface area contributed by atoms with Crippen molar-refractivity contribution in [1.29, 1.82) is 0 Å². The van der Waals surface area contributed by atoms with Crippen molar-refractivity contribution in [3.05, 3.63) is 101 Å². The first-order valence-electron chi connectivity index (χ1n) is 11.9. The summed E-state index contributed by atoms with van der Waals surface area (Å²) in [5, 5.41) is 11.9. The maximum Gasteiger partial charge on any atom is 0.339 e. The molecule has 8 nitrogen and oxygen atoms in total. The topological polar surface area (TPSA) is 124 Å². The summed E-state index contributed by atoms with van der Waals surface area (Å²) >= 11 is 0. The molecule has 0 aliphatic rings. The van der Waals surface area contributed by atoms with Gasteiger partial charge in [-0.1, -0.05) is 36.4 Å². The molecule has 0 bridgehead atoms. The Labute approximate surface area is 223 Å². The number of pyridine rings is 1. The predicted molar refractivity (Wildman–Crippen MR) is 140 cm³/mol. The SMILES string of the molecule is CC(=O)NCc1c(F)c(Oc2cccc(-c3cccc(CN)c3)c2)nc(Oc2cc(C)ccc2C(=O)O)c1F. The number of carbonyl (C=O) groups is 2. The number of hydrogen-bond donors (Lipinski definition) is 3. The maximum atomic E-state index is 15.4. The molecule has 0 radical (unpaired) electrons. The van der Waals surface area contributed by atoms with E-state index in [9.17, 15) is 14.7 Å². The molecule has 10 heteroatoms. The molecule has 4 rings (SSSR count). The van der Waals surface area contributed by atoms with Crippen LogP contribution >= 0.6 is 0 Å². The molecule has 0 saturated heterocycles. The van der Waals surface area contributed by atoms with Crippen LogP contribution in [-0.2, 0) is 17.9 Å². The van der Waals surface area contributed by atoms with Crippen molar-refractivity contribution in [2.75, 3.05) is 0 Å². The first kappa shape index (κ1) is 27.2. The van der Waals surface area contributed by atoms with Gasteiger partial charge in [-0.05, 0) is 59.5 Å². The van der Waals surface area contributed by atoms with Crippen LogP contribution in [0.5, 0.6) is 23.3 Å². The minimum atomic E-state index is -1.31. The number of halogens is 2. The number of carbonyl (C=O) groups excluding carboxylic acids is 1. The molecule has 1 heterocycles. The number of ether oxygens (including phenoxy) is 2. The molecule has 4 N–H and O–H groups in total. The first-order chi connectivity index (χ1) is 18.7. The summed E-state index contributed by atoms with van der Waals surface area (Å²) in [5.74, 6) is -5.52. The van der Waals surface area contributed by atoms with E-state index in [0.29, 0.717) is 12.1 Å². The lowest BCUT2D eigenvalue weighted by molar-refractivity contribution is -0.119. The third-order valence-corrected chi connectivity index (χ3v) is 5.74. The van der Waals surface area contributed by atoms with Crippen LogP contribution in [0.15, 0.2) is 66.7 Å². The standard InChI is InChI=1S/C29H25F2N3O5/c1-16-9-10-22(29(36)37)24(11-16)39-28-26(31)23(15-33-17(2)35)25(30)27(34-28)38-21-8-4-7-20(13-21)19-6-3-5-18(12-19)14-32/h3-13H,14-15,32H2,1-2H3,(H,33,35)(H,36,37). The van der Waals surface area contributed by atoms with Gasteiger partial charge < -0.3 is 25.6 Å². The predicted octanol–water partition coefficient (Wildman–Crippen LogP) is 5.71. The maximum absolute atomic E-state index is 15.4. The second-order valence-electron chi connectivity index (χ2n) is 8.68. The molecule has 39 heavy (non-hydrogen) atoms. The lowest BCUT2D eigenvalue weighted by Gasteiger charge is -2.15. The Morgan fingerprint density at radius 2 is 1.62 bits per heavy atom. The number of aryl methyl sites for hydroxylation is 1. The molecule has 0 spiro atoms. The second-order valence-corrected chi connectivity index (χ2v) is 8.68. The minimum absolute atomic E-state index is 0.196. The highest BCUT2D eigenvalue weighted by Gasteiger charge is 2.25. The third-order valence-electron chi connectivity index (χ3n) is 5.74. The molecule has 4 aromatic rings. The fourth-order valence-corrected chi connectivity index (χ4v) is 3.77. The highest BCUT2D eigenvalue weighted by Crippen LogP contribution is 2.35. The molecular formula is C29H25F2N3O5. The number of nitrogens with two attached hydrogens (primary N) is 1. The van der Waals surface area contributed by atoms with Gasteiger partial charge in [0.25, 0.3) is 11.8 Å². The number of hydrogen-bond acceptors (Lipinski definition) is 6. The summed E-state index contributed by atoms with van der Waals surface area (Å²) in [5.41, 5.74) is 8.10. The monoisotopic (exact) mass is 533 g/mol. The van der Waals surface area contributed by atoms with Crippen LogP contribution < -0.4 is 20.5 Å². The van der Waals surface area contributed by atoms with Gasteiger partial charge in [-0.15, -0.1) is 0 Å². The zero-order valence-corrected chi connectivity index (χ0v) is 21.1. The Morgan fingerprint density at radius 1 is 0.949 bits per heavy atom. The van der Waals surface area contributed by atoms with Crippen molar-refractivity contribution in [3.63, 3.8) is 0 Å². The van der Waals surface area contributed by atoms with E-state index < -0.39 is 47.4 Å². The molecule has 1 aromatic heterocycles. The average Bonchev–Trinajstić information content (AvgIpc) is 2.91. The fourth-order valence-electron chi connectivity index (χ4n) is 3.77. The van der Waals surface area contributed by atoms with E-state index in [-0.39, 0.29) is 17.1 Å². The van der Waals surface area contributed by atoms with E-state index >= 15 is 8.78 Å². The highest BCUT2D eigenvalue weighted by atomic mass is 19.1. The third kappa shape index (κ3) is 6.36. The number of carboxylic acid groups (broad SMARTS) is 1. The number of nitrogens with zero attached hydrogens (tertiary/aromatic N) is 1. The zero-order chi connectivity index (χ0) is 28.1. The summed E-state index contributed by atoms with van der Waals surface area (Å²) < 4.78 is 42.1. The van der Waals surface area contributed by atoms with E-state index in [1.165, 1.54) is 19.1 Å². The first-order valence-corrected chi connectivity index (χ1v) is 11.9. The van der Waals surface area contributed by atoms with Crippen LogP contribution in [-0.4, -0.2) is 22.0 Å². The lowest BCUT2D eigenvalue weighted by Crippen LogP contribution is -2.21. The van der Waals surface area contributed by atoms with Crippen LogP contribution in [0.4, 0.5) is 8.78 Å². The number of aromatic nitrogens is 1. The van der Waals surface area contributed by atoms with Gasteiger partial charge >= 0.3 is 5.97 Å². The summed E-state index contributed by atoms with van der Waals surface area (Å²) in [7, 11) is 0. The average molecular weight is 534 g/mol. The van der Waals surface area contributed by atoms with Crippen molar-refractivity contribution in [3.8, 4) is 34.4 Å². The van der Waals surface area contributed by atoms with Gasteiger partial charge in [-0.3, -0.25) is 4.79 Å². The van der Waals surface area contributed by atoms with Gasteiger partial charge in [0, 0.05) is 20.0 Å². The van der Waals surface area contributed by atoms with Crippen LogP contribution in [0, 0.1) is 18.6 Å². The Bertz CT molecular complexity index is 1560. The van der Waals surface area contributed by atoms with E-state index in [1.807, 2.05) is 30.3 Å². The van der Waals surface area contributed by atoms with Crippen molar-refractivity contribution in [2.24, 2.45) is 5.73 Å². The van der Waals surface area contributed by atoms with Crippen molar-refractivity contribution >= 4 is 11.9 Å². The summed E-state index contributed by atoms with van der Waals surface area (Å²) in [6.07, 6.45) is 0. The summed E-state index contributed by atoms with van der Waals surface area (Å²) in [6, 6.07) is 18.5. The van der Waals surface area contributed by atoms with Gasteiger partial charge in [-0.2, -0.15) is 4.98 Å². The zero-order valence-electron chi connectivity index (χ0n) is 21.1. The molecule has 0 unspecified atom stereocenters. The van der Waals surface area contributed by atoms with Gasteiger partial charge in [0.2, 0.25) is 5.91 Å². The number of rotatable bonds is 9. The Morgan fingerprint density at radius 3 is 2.28 bits per heavy atom. The largest absolute Gasteiger partial charge is 0.478 e. The van der Waals surface area contributed by atoms with Crippen LogP contribution in [0.25, 0.3) is 11.1 Å². The molecular weight excluding hydrogens is 508 g/mol. The van der Waals surface area contributed by atoms with E-state index in [4.69, 9.17) is 15.2 Å². The van der Waals surface area contributed by atoms with E-state index in [1.54, 1.807) is 31.2 Å². The Hall–Kier alpha value is -4.83. The van der Waals surface area contributed by atoms with Crippen molar-refractivity contribution in [2.45, 2.75) is 26.9 Å². The Kier molecular flexibility index (Phi) is 8.16. The molecule has 0 fully saturated rings. The Balaban J connectivity index is 1.76. The quantitative estimate of drug-likeness (QED) is 0.252. The summed E-state index contributed by atoms with van der Waals surface area (Å²) in [6.45, 7) is 2.73. The fraction of sp³-hybridized carbons (Fsp3) is 0.138. The van der Waals surface area contributed by atoms with Crippen molar-refractivity contribution < 1.29 is 33.0 Å². The molecule has 1 amide bonds. The molecule has 0 aliphatic carbocycles. The number of aromatic carboxylic acids is 1. The molecule has 3 aromatic carbocycles. The minimum Gasteiger partial charge on any atom is -0.478 e. The van der Waals surface area contributed by atoms with Gasteiger partial charge in [0.15, 0.2) is 11.6 Å². The number of nitrogens with one attached hydrogen (secondary N) is 1. The molecule has 200 valence electrons. The van der Waals surface area contributed by atoms with Gasteiger partial charge in [-0.25, -0.2) is 13.6 Å². The smallest absolute Gasteiger partial charge is 0.339 e. The number of carboxylic acids is 1. The van der Waals surface area contributed by atoms with E-state index in [2.05, 4.69) is 10.3 Å². The van der Waals surface area contributed by atoms with Crippen LogP contribution in [0.1, 0.15) is 34.0 Å². The number of benzene rings is 3. The molecule has 0 saturated carbocycles. The lowest BCUT2D eigenvalue weighted by atomic mass is 10.0. The number of amides is 1. The molecule has 0 aliphatic heterocycles. The molecule has 0 atom stereocenters. The second kappa shape index (κ2) is 11.7. The van der Waals surface area contributed by atoms with E-state index in [0.717, 1.165) is 16.7 Å². The van der Waals surface area contributed by atoms with Crippen LogP contribution in [0.2, 0.25) is 0 Å². The highest BCUT2D eigenvalue weighted by molar-refractivity contribution is 5.91. The normalized spacial score (nSPS) is 10.7. The summed E-state index contributed by atoms with van der Waals surface area (Å²) in [4.78, 5) is 27.0. The van der Waals surface area contributed by atoms with Gasteiger partial charge in [0.05, 0.1) is 5.56 Å². The van der Waals surface area contributed by atoms with Crippen LogP contribution in [0.3, 0.4) is 0 Å². The van der Waals surface area contributed by atoms with Gasteiger partial charge in [0.1, 0.15) is 17.1 Å².